The zero-order valence-electron chi connectivity index (χ0n) is 38.4. The molecule has 0 fully saturated rings. The number of methoxy groups -OCH3 is 1. The van der Waals surface area contributed by atoms with Gasteiger partial charge in [0.25, 0.3) is 7.82 Å². The summed E-state index contributed by atoms with van der Waals surface area (Å²) in [5.41, 5.74) is 0. The van der Waals surface area contributed by atoms with Crippen LogP contribution in [0.4, 0.5) is 4.79 Å². The first kappa shape index (κ1) is 59.3. The fraction of sp³-hybridized carbons (Fsp3) is 0.933. The number of quaternary nitrogens is 1. The molecular formula is C45H91N2O11P. The standard InChI is InChI=1S/C45H88NO11P.H3N/c1-4-6-8-10-12-14-16-18-20-22-24-26-28-30-32-34-43(47)54-40-42(41-56-58(50,51)55-37-36-46-45(49)53-39-38-52-3)57-44(48)35-33-31-29-27-25-23-21-19-17-15-13-11-9-7-5-2;/h42H,4-41H2,1-3H3,(H,46,49)(H,50,51);1H3. The number of ether oxygens (including phenoxy) is 4. The van der Waals surface area contributed by atoms with Crippen LogP contribution in [0.3, 0.4) is 0 Å². The largest absolute Gasteiger partial charge is 0.756 e. The Morgan fingerprint density at radius 2 is 0.898 bits per heavy atom. The zero-order valence-corrected chi connectivity index (χ0v) is 39.3. The Kier molecular flexibility index (Phi) is 46.0. The van der Waals surface area contributed by atoms with E-state index in [-0.39, 0.29) is 45.4 Å². The molecule has 0 aromatic carbocycles. The third-order valence-corrected chi connectivity index (χ3v) is 11.2. The van der Waals surface area contributed by atoms with Gasteiger partial charge in [0.15, 0.2) is 6.10 Å². The lowest BCUT2D eigenvalue weighted by atomic mass is 10.0. The number of hydrogen-bond acceptors (Lipinski definition) is 11. The molecule has 1 amide bonds. The normalized spacial score (nSPS) is 12.7. The second-order valence-corrected chi connectivity index (χ2v) is 17.2. The number of alkyl carbamates (subject to hydrolysis) is 1. The molecule has 0 aliphatic carbocycles. The molecule has 0 aliphatic rings. The Hall–Kier alpha value is -1.76. The molecule has 14 heteroatoms. The molecule has 13 nitrogen and oxygen atoms in total. The molecule has 0 rings (SSSR count). The van der Waals surface area contributed by atoms with Crippen molar-refractivity contribution in [3.63, 3.8) is 0 Å². The van der Waals surface area contributed by atoms with Crippen LogP contribution < -0.4 is 16.4 Å². The molecule has 0 aromatic heterocycles. The maximum absolute atomic E-state index is 12.7. The minimum absolute atomic E-state index is 0. The van der Waals surface area contributed by atoms with Crippen LogP contribution in [-0.4, -0.2) is 70.8 Å². The van der Waals surface area contributed by atoms with Gasteiger partial charge in [0.2, 0.25) is 0 Å². The number of esters is 2. The number of hydrogen-bond donors (Lipinski definition) is 2. The molecule has 0 bridgehead atoms. The molecule has 352 valence electrons. The van der Waals surface area contributed by atoms with Crippen LogP contribution in [0.2, 0.25) is 0 Å². The van der Waals surface area contributed by atoms with Gasteiger partial charge in [0, 0.05) is 26.5 Å². The van der Waals surface area contributed by atoms with E-state index < -0.39 is 45.2 Å². The summed E-state index contributed by atoms with van der Waals surface area (Å²) >= 11 is 0. The molecule has 0 saturated carbocycles. The number of rotatable bonds is 45. The van der Waals surface area contributed by atoms with E-state index in [1.807, 2.05) is 0 Å². The summed E-state index contributed by atoms with van der Waals surface area (Å²) in [6.07, 6.45) is 35.3. The van der Waals surface area contributed by atoms with Crippen molar-refractivity contribution in [3.05, 3.63) is 0 Å². The highest BCUT2D eigenvalue weighted by Gasteiger charge is 2.21. The Morgan fingerprint density at radius 1 is 0.508 bits per heavy atom. The van der Waals surface area contributed by atoms with Crippen LogP contribution in [0.1, 0.15) is 219 Å². The lowest BCUT2D eigenvalue weighted by Gasteiger charge is -2.25. The van der Waals surface area contributed by atoms with Crippen molar-refractivity contribution in [2.75, 3.05) is 46.7 Å². The Balaban J connectivity index is 0. The van der Waals surface area contributed by atoms with E-state index in [4.69, 9.17) is 28.0 Å². The summed E-state index contributed by atoms with van der Waals surface area (Å²) < 4.78 is 42.7. The van der Waals surface area contributed by atoms with Gasteiger partial charge in [-0.15, -0.1) is 0 Å². The Bertz CT molecular complexity index is 992. The maximum atomic E-state index is 12.7. The lowest BCUT2D eigenvalue weighted by molar-refractivity contribution is -0.228. The molecular weight excluding hydrogens is 775 g/mol. The fourth-order valence-electron chi connectivity index (χ4n) is 6.69. The van der Waals surface area contributed by atoms with Gasteiger partial charge in [-0.2, -0.15) is 0 Å². The summed E-state index contributed by atoms with van der Waals surface area (Å²) in [7, 11) is -3.34. The van der Waals surface area contributed by atoms with Gasteiger partial charge in [-0.1, -0.05) is 194 Å². The SMILES string of the molecule is CCCCCCCCCCCCCCCCCC(=O)OCC(COP(=O)([O-])OCCNC(=O)OCCOC)OC(=O)CCCCCCCCCCCCCCCCC.[NH4+]. The van der Waals surface area contributed by atoms with Crippen LogP contribution in [0.5, 0.6) is 0 Å². The third-order valence-electron chi connectivity index (χ3n) is 10.3. The van der Waals surface area contributed by atoms with Crippen LogP contribution >= 0.6 is 7.82 Å². The van der Waals surface area contributed by atoms with Crippen molar-refractivity contribution in [2.24, 2.45) is 0 Å². The van der Waals surface area contributed by atoms with Crippen LogP contribution in [-0.2, 0) is 42.1 Å². The van der Waals surface area contributed by atoms with Gasteiger partial charge in [-0.25, -0.2) is 4.79 Å². The summed E-state index contributed by atoms with van der Waals surface area (Å²) in [6.45, 7) is 3.36. The van der Waals surface area contributed by atoms with Crippen molar-refractivity contribution >= 4 is 25.9 Å². The van der Waals surface area contributed by atoms with E-state index in [0.717, 1.165) is 38.5 Å². The first-order chi connectivity index (χ1) is 28.2. The van der Waals surface area contributed by atoms with Gasteiger partial charge in [0.1, 0.15) is 13.2 Å². The first-order valence-corrected chi connectivity index (χ1v) is 25.0. The van der Waals surface area contributed by atoms with Crippen LogP contribution in [0.15, 0.2) is 0 Å². The highest BCUT2D eigenvalue weighted by Crippen LogP contribution is 2.38. The minimum Gasteiger partial charge on any atom is -0.756 e. The van der Waals surface area contributed by atoms with Gasteiger partial charge in [-0.3, -0.25) is 14.2 Å². The van der Waals surface area contributed by atoms with Crippen molar-refractivity contribution < 1.29 is 51.8 Å². The van der Waals surface area contributed by atoms with Crippen molar-refractivity contribution in [1.82, 2.24) is 11.5 Å². The van der Waals surface area contributed by atoms with Crippen molar-refractivity contribution in [3.8, 4) is 0 Å². The van der Waals surface area contributed by atoms with Gasteiger partial charge >= 0.3 is 18.0 Å². The summed E-state index contributed by atoms with van der Waals surface area (Å²) in [5.74, 6) is -0.928. The van der Waals surface area contributed by atoms with Gasteiger partial charge < -0.3 is 44.4 Å². The van der Waals surface area contributed by atoms with E-state index in [0.29, 0.717) is 12.8 Å². The minimum atomic E-state index is -4.82. The van der Waals surface area contributed by atoms with Gasteiger partial charge in [0.05, 0.1) is 19.8 Å². The number of carbonyl (C=O) groups excluding carboxylic acids is 3. The molecule has 0 spiro atoms. The predicted octanol–water partition coefficient (Wildman–Crippen LogP) is 12.2. The fourth-order valence-corrected chi connectivity index (χ4v) is 7.43. The van der Waals surface area contributed by atoms with Crippen molar-refractivity contribution in [1.29, 1.82) is 0 Å². The number of nitrogens with one attached hydrogen (secondary N) is 1. The van der Waals surface area contributed by atoms with Crippen LogP contribution in [0.25, 0.3) is 0 Å². The molecule has 0 saturated heterocycles. The second kappa shape index (κ2) is 45.8. The molecule has 0 aliphatic heterocycles. The Labute approximate surface area is 360 Å². The highest BCUT2D eigenvalue weighted by molar-refractivity contribution is 7.45. The van der Waals surface area contributed by atoms with E-state index in [2.05, 4.69) is 19.2 Å². The quantitative estimate of drug-likeness (QED) is 0.0256. The number of phosphoric ester groups is 1. The molecule has 2 atom stereocenters. The molecule has 2 unspecified atom stereocenters. The molecule has 0 aromatic rings. The second-order valence-electron chi connectivity index (χ2n) is 15.8. The van der Waals surface area contributed by atoms with E-state index in [1.54, 1.807) is 0 Å². The predicted molar refractivity (Wildman–Crippen MR) is 237 cm³/mol. The topological polar surface area (TPSA) is 195 Å². The number of amides is 1. The number of carbonyl (C=O) groups is 3. The average molecular weight is 867 g/mol. The lowest BCUT2D eigenvalue weighted by Crippen LogP contribution is -2.31. The highest BCUT2D eigenvalue weighted by atomic mass is 31.2. The molecule has 5 N–H and O–H groups in total. The van der Waals surface area contributed by atoms with E-state index in [9.17, 15) is 23.8 Å². The van der Waals surface area contributed by atoms with Crippen molar-refractivity contribution in [2.45, 2.75) is 225 Å². The molecule has 0 heterocycles. The van der Waals surface area contributed by atoms with E-state index >= 15 is 0 Å². The number of phosphoric acid groups is 1. The maximum Gasteiger partial charge on any atom is 0.407 e. The Morgan fingerprint density at radius 3 is 1.31 bits per heavy atom. The molecule has 0 radical (unpaired) electrons. The molecule has 59 heavy (non-hydrogen) atoms. The summed E-state index contributed by atoms with van der Waals surface area (Å²) in [6, 6.07) is 0. The van der Waals surface area contributed by atoms with E-state index in [1.165, 1.54) is 148 Å². The third kappa shape index (κ3) is 45.6. The van der Waals surface area contributed by atoms with Gasteiger partial charge in [-0.05, 0) is 12.8 Å². The monoisotopic (exact) mass is 867 g/mol. The smallest absolute Gasteiger partial charge is 0.407 e. The summed E-state index contributed by atoms with van der Waals surface area (Å²) in [4.78, 5) is 49.2. The zero-order chi connectivity index (χ0) is 42.6. The number of unbranched alkanes of at least 4 members (excludes halogenated alkanes) is 28. The van der Waals surface area contributed by atoms with Crippen LogP contribution in [0, 0.1) is 0 Å². The summed E-state index contributed by atoms with van der Waals surface area (Å²) in [5, 5.41) is 2.36. The average Bonchev–Trinajstić information content (AvgIpc) is 3.20. The first-order valence-electron chi connectivity index (χ1n) is 23.6.